The lowest BCUT2D eigenvalue weighted by molar-refractivity contribution is -0.131. The van der Waals surface area contributed by atoms with Crippen LogP contribution in [0.5, 0.6) is 11.5 Å². The van der Waals surface area contributed by atoms with Crippen LogP contribution in [0.3, 0.4) is 0 Å². The maximum absolute atomic E-state index is 12.2. The molecular formula is C17H14N2O4. The Morgan fingerprint density at radius 2 is 1.96 bits per heavy atom. The van der Waals surface area contributed by atoms with Gasteiger partial charge in [0.2, 0.25) is 0 Å². The zero-order valence-corrected chi connectivity index (χ0v) is 12.6. The van der Waals surface area contributed by atoms with E-state index in [4.69, 9.17) is 9.47 Å². The summed E-state index contributed by atoms with van der Waals surface area (Å²) in [5.74, 6) is 0.665. The lowest BCUT2D eigenvalue weighted by Crippen LogP contribution is -2.10. The number of methoxy groups -OCH3 is 1. The van der Waals surface area contributed by atoms with Gasteiger partial charge in [-0.3, -0.25) is 9.59 Å². The SMILES string of the molecule is COc1ccc(-c2nc3ccccc3c(=O)[nH]2)c(OC(C)=O)c1. The second-order valence-corrected chi connectivity index (χ2v) is 4.89. The van der Waals surface area contributed by atoms with E-state index in [0.717, 1.165) is 0 Å². The van der Waals surface area contributed by atoms with E-state index in [1.54, 1.807) is 42.5 Å². The summed E-state index contributed by atoms with van der Waals surface area (Å²) in [5, 5.41) is 0.499. The molecule has 0 radical (unpaired) electrons. The summed E-state index contributed by atoms with van der Waals surface area (Å²) in [6.45, 7) is 1.31. The molecule has 23 heavy (non-hydrogen) atoms. The fraction of sp³-hybridized carbons (Fsp3) is 0.118. The fourth-order valence-corrected chi connectivity index (χ4v) is 2.28. The number of fused-ring (bicyclic) bond motifs is 1. The highest BCUT2D eigenvalue weighted by molar-refractivity contribution is 5.81. The van der Waals surface area contributed by atoms with E-state index in [2.05, 4.69) is 9.97 Å². The molecule has 0 unspecified atom stereocenters. The highest BCUT2D eigenvalue weighted by Gasteiger charge is 2.14. The Balaban J connectivity index is 2.21. The molecule has 0 aliphatic heterocycles. The molecule has 0 amide bonds. The number of para-hydroxylation sites is 1. The van der Waals surface area contributed by atoms with Gasteiger partial charge in [-0.1, -0.05) is 12.1 Å². The van der Waals surface area contributed by atoms with Gasteiger partial charge >= 0.3 is 5.97 Å². The lowest BCUT2D eigenvalue weighted by atomic mass is 10.1. The summed E-state index contributed by atoms with van der Waals surface area (Å²) in [7, 11) is 1.52. The topological polar surface area (TPSA) is 81.3 Å². The van der Waals surface area contributed by atoms with E-state index < -0.39 is 5.97 Å². The predicted molar refractivity (Wildman–Crippen MR) is 85.7 cm³/mol. The number of aromatic amines is 1. The molecule has 116 valence electrons. The van der Waals surface area contributed by atoms with Crippen LogP contribution in [0.15, 0.2) is 47.3 Å². The van der Waals surface area contributed by atoms with Crippen molar-refractivity contribution in [1.29, 1.82) is 0 Å². The van der Waals surface area contributed by atoms with Gasteiger partial charge in [0.1, 0.15) is 17.3 Å². The van der Waals surface area contributed by atoms with Crippen molar-refractivity contribution in [1.82, 2.24) is 9.97 Å². The Morgan fingerprint density at radius 1 is 1.17 bits per heavy atom. The van der Waals surface area contributed by atoms with Crippen molar-refractivity contribution >= 4 is 16.9 Å². The molecule has 3 rings (SSSR count). The molecule has 6 heteroatoms. The van der Waals surface area contributed by atoms with Gasteiger partial charge < -0.3 is 14.5 Å². The molecule has 1 aromatic heterocycles. The van der Waals surface area contributed by atoms with Crippen LogP contribution in [-0.2, 0) is 4.79 Å². The van der Waals surface area contributed by atoms with Crippen LogP contribution in [0.2, 0.25) is 0 Å². The van der Waals surface area contributed by atoms with Gasteiger partial charge in [-0.2, -0.15) is 0 Å². The first-order chi connectivity index (χ1) is 11.1. The molecule has 0 aliphatic carbocycles. The molecule has 0 fully saturated rings. The minimum absolute atomic E-state index is 0.254. The van der Waals surface area contributed by atoms with E-state index in [-0.39, 0.29) is 11.3 Å². The van der Waals surface area contributed by atoms with Crippen molar-refractivity contribution in [2.45, 2.75) is 6.92 Å². The summed E-state index contributed by atoms with van der Waals surface area (Å²) in [6.07, 6.45) is 0. The zero-order valence-electron chi connectivity index (χ0n) is 12.6. The van der Waals surface area contributed by atoms with Crippen molar-refractivity contribution in [3.63, 3.8) is 0 Å². The van der Waals surface area contributed by atoms with Crippen LogP contribution in [0.4, 0.5) is 0 Å². The Labute approximate surface area is 131 Å². The van der Waals surface area contributed by atoms with Crippen molar-refractivity contribution in [2.75, 3.05) is 7.11 Å². The first-order valence-corrected chi connectivity index (χ1v) is 6.94. The molecule has 1 heterocycles. The third-order valence-electron chi connectivity index (χ3n) is 3.31. The van der Waals surface area contributed by atoms with Crippen LogP contribution < -0.4 is 15.0 Å². The Bertz CT molecular complexity index is 947. The van der Waals surface area contributed by atoms with Crippen molar-refractivity contribution in [3.05, 3.63) is 52.8 Å². The second kappa shape index (κ2) is 5.92. The summed E-state index contributed by atoms with van der Waals surface area (Å²) < 4.78 is 10.4. The lowest BCUT2D eigenvalue weighted by Gasteiger charge is -2.10. The number of rotatable bonds is 3. The number of nitrogens with one attached hydrogen (secondary N) is 1. The minimum Gasteiger partial charge on any atom is -0.497 e. The number of ether oxygens (including phenoxy) is 2. The molecule has 0 saturated heterocycles. The third kappa shape index (κ3) is 2.91. The Hall–Kier alpha value is -3.15. The maximum Gasteiger partial charge on any atom is 0.308 e. The van der Waals surface area contributed by atoms with Crippen molar-refractivity contribution in [3.8, 4) is 22.9 Å². The van der Waals surface area contributed by atoms with E-state index in [1.807, 2.05) is 0 Å². The van der Waals surface area contributed by atoms with Crippen molar-refractivity contribution in [2.24, 2.45) is 0 Å². The number of aromatic nitrogens is 2. The van der Waals surface area contributed by atoms with E-state index in [9.17, 15) is 9.59 Å². The smallest absolute Gasteiger partial charge is 0.308 e. The van der Waals surface area contributed by atoms with Crippen molar-refractivity contribution < 1.29 is 14.3 Å². The molecule has 0 bridgehead atoms. The molecule has 0 spiro atoms. The molecule has 6 nitrogen and oxygen atoms in total. The molecule has 2 aromatic carbocycles. The number of carbonyl (C=O) groups is 1. The molecule has 3 aromatic rings. The number of hydrogen-bond donors (Lipinski definition) is 1. The third-order valence-corrected chi connectivity index (χ3v) is 3.31. The van der Waals surface area contributed by atoms with E-state index >= 15 is 0 Å². The standard InChI is InChI=1S/C17H14N2O4/c1-10(20)23-15-9-11(22-2)7-8-13(15)16-18-14-6-4-3-5-12(14)17(21)19-16/h3-9H,1-2H3,(H,18,19,21). The van der Waals surface area contributed by atoms with E-state index in [0.29, 0.717) is 28.0 Å². The van der Waals surface area contributed by atoms with Crippen LogP contribution in [-0.4, -0.2) is 23.0 Å². The van der Waals surface area contributed by atoms with Gasteiger partial charge in [-0.05, 0) is 24.3 Å². The molecule has 0 saturated carbocycles. The first-order valence-electron chi connectivity index (χ1n) is 6.94. The molecule has 1 N–H and O–H groups in total. The number of nitrogens with zero attached hydrogens (tertiary/aromatic N) is 1. The maximum atomic E-state index is 12.2. The normalized spacial score (nSPS) is 10.5. The summed E-state index contributed by atoms with van der Waals surface area (Å²) in [5.41, 5.74) is 0.815. The fourth-order valence-electron chi connectivity index (χ4n) is 2.28. The van der Waals surface area contributed by atoms with Crippen LogP contribution in [0.25, 0.3) is 22.3 Å². The average molecular weight is 310 g/mol. The van der Waals surface area contributed by atoms with Crippen LogP contribution in [0.1, 0.15) is 6.92 Å². The highest BCUT2D eigenvalue weighted by atomic mass is 16.5. The number of esters is 1. The minimum atomic E-state index is -0.470. The number of H-pyrrole nitrogens is 1. The Morgan fingerprint density at radius 3 is 2.70 bits per heavy atom. The summed E-state index contributed by atoms with van der Waals surface area (Å²) in [6, 6.07) is 12.0. The zero-order chi connectivity index (χ0) is 16.4. The Kier molecular flexibility index (Phi) is 3.80. The van der Waals surface area contributed by atoms with Gasteiger partial charge in [0.15, 0.2) is 0 Å². The average Bonchev–Trinajstić information content (AvgIpc) is 2.54. The number of hydrogen-bond acceptors (Lipinski definition) is 5. The highest BCUT2D eigenvalue weighted by Crippen LogP contribution is 2.31. The molecular weight excluding hydrogens is 296 g/mol. The number of carbonyl (C=O) groups excluding carboxylic acids is 1. The number of benzene rings is 2. The first kappa shape index (κ1) is 14.8. The van der Waals surface area contributed by atoms with Gasteiger partial charge in [0, 0.05) is 13.0 Å². The monoisotopic (exact) mass is 310 g/mol. The quantitative estimate of drug-likeness (QED) is 0.594. The van der Waals surface area contributed by atoms with E-state index in [1.165, 1.54) is 14.0 Å². The second-order valence-electron chi connectivity index (χ2n) is 4.89. The summed E-state index contributed by atoms with van der Waals surface area (Å²) >= 11 is 0. The molecule has 0 aliphatic rings. The van der Waals surface area contributed by atoms with Crippen LogP contribution in [0, 0.1) is 0 Å². The van der Waals surface area contributed by atoms with Gasteiger partial charge in [0.05, 0.1) is 23.6 Å². The van der Waals surface area contributed by atoms with Gasteiger partial charge in [-0.15, -0.1) is 0 Å². The largest absolute Gasteiger partial charge is 0.497 e. The molecule has 0 atom stereocenters. The van der Waals surface area contributed by atoms with Gasteiger partial charge in [0.25, 0.3) is 5.56 Å². The van der Waals surface area contributed by atoms with Crippen LogP contribution >= 0.6 is 0 Å². The predicted octanol–water partition coefficient (Wildman–Crippen LogP) is 2.52. The summed E-state index contributed by atoms with van der Waals surface area (Å²) in [4.78, 5) is 30.7. The van der Waals surface area contributed by atoms with Gasteiger partial charge in [-0.25, -0.2) is 4.98 Å².